The molecule has 0 saturated carbocycles. The molecule has 5 nitrogen and oxygen atoms in total. The highest BCUT2D eigenvalue weighted by Gasteiger charge is 2.15. The maximum absolute atomic E-state index is 11.4. The SMILES string of the molecule is COC(=O)C(I)CNC(=O)COc1ccccc1. The largest absolute Gasteiger partial charge is 0.484 e. The predicted molar refractivity (Wildman–Crippen MR) is 74.8 cm³/mol. The minimum atomic E-state index is -0.395. The zero-order valence-corrected chi connectivity index (χ0v) is 12.0. The number of carbonyl (C=O) groups is 2. The first kappa shape index (κ1) is 14.7. The van der Waals surface area contributed by atoms with Crippen LogP contribution in [-0.2, 0) is 14.3 Å². The average Bonchev–Trinajstić information content (AvgIpc) is 2.42. The van der Waals surface area contributed by atoms with Crippen molar-refractivity contribution in [2.75, 3.05) is 20.3 Å². The van der Waals surface area contributed by atoms with Gasteiger partial charge in [0.1, 0.15) is 9.67 Å². The van der Waals surface area contributed by atoms with Crippen LogP contribution in [0.5, 0.6) is 5.75 Å². The molecule has 1 aromatic rings. The summed E-state index contributed by atoms with van der Waals surface area (Å²) < 4.78 is 9.41. The van der Waals surface area contributed by atoms with Crippen LogP contribution < -0.4 is 10.1 Å². The van der Waals surface area contributed by atoms with Gasteiger partial charge in [-0.15, -0.1) is 0 Å². The van der Waals surface area contributed by atoms with E-state index in [1.807, 2.05) is 40.8 Å². The van der Waals surface area contributed by atoms with Crippen molar-refractivity contribution in [3.63, 3.8) is 0 Å². The van der Waals surface area contributed by atoms with Gasteiger partial charge in [0.15, 0.2) is 6.61 Å². The first-order chi connectivity index (χ1) is 8.63. The van der Waals surface area contributed by atoms with Crippen molar-refractivity contribution in [1.82, 2.24) is 5.32 Å². The number of nitrogens with one attached hydrogen (secondary N) is 1. The Hall–Kier alpha value is -1.31. The van der Waals surface area contributed by atoms with E-state index < -0.39 is 3.92 Å². The molecule has 0 heterocycles. The van der Waals surface area contributed by atoms with Gasteiger partial charge in [-0.3, -0.25) is 9.59 Å². The molecule has 0 spiro atoms. The number of hydrogen-bond acceptors (Lipinski definition) is 4. The maximum Gasteiger partial charge on any atom is 0.320 e. The fraction of sp³-hybridized carbons (Fsp3) is 0.333. The quantitative estimate of drug-likeness (QED) is 0.468. The molecule has 1 rings (SSSR count). The lowest BCUT2D eigenvalue weighted by Crippen LogP contribution is -2.36. The topological polar surface area (TPSA) is 64.6 Å². The second-order valence-electron chi connectivity index (χ2n) is 3.40. The number of para-hydroxylation sites is 1. The number of esters is 1. The van der Waals surface area contributed by atoms with Crippen LogP contribution in [0.15, 0.2) is 30.3 Å². The summed E-state index contributed by atoms with van der Waals surface area (Å²) in [7, 11) is 1.31. The maximum atomic E-state index is 11.4. The number of methoxy groups -OCH3 is 1. The van der Waals surface area contributed by atoms with Gasteiger partial charge in [0.25, 0.3) is 5.91 Å². The van der Waals surface area contributed by atoms with E-state index in [0.29, 0.717) is 5.75 Å². The lowest BCUT2D eigenvalue weighted by molar-refractivity contribution is -0.139. The fourth-order valence-corrected chi connectivity index (χ4v) is 1.61. The highest BCUT2D eigenvalue weighted by Crippen LogP contribution is 2.07. The highest BCUT2D eigenvalue weighted by atomic mass is 127. The minimum absolute atomic E-state index is 0.0749. The van der Waals surface area contributed by atoms with Gasteiger partial charge in [-0.1, -0.05) is 40.8 Å². The van der Waals surface area contributed by atoms with Gasteiger partial charge >= 0.3 is 5.97 Å². The Kier molecular flexibility index (Phi) is 6.48. The molecule has 98 valence electrons. The summed E-state index contributed by atoms with van der Waals surface area (Å²) in [6, 6.07) is 9.05. The van der Waals surface area contributed by atoms with E-state index in [1.165, 1.54) is 7.11 Å². The van der Waals surface area contributed by atoms with E-state index in [9.17, 15) is 9.59 Å². The van der Waals surface area contributed by atoms with Crippen molar-refractivity contribution in [1.29, 1.82) is 0 Å². The van der Waals surface area contributed by atoms with Crippen LogP contribution in [-0.4, -0.2) is 36.1 Å². The van der Waals surface area contributed by atoms with Crippen molar-refractivity contribution in [3.8, 4) is 5.75 Å². The van der Waals surface area contributed by atoms with Crippen molar-refractivity contribution in [2.45, 2.75) is 3.92 Å². The first-order valence-corrected chi connectivity index (χ1v) is 6.54. The van der Waals surface area contributed by atoms with Crippen LogP contribution in [0, 0.1) is 0 Å². The van der Waals surface area contributed by atoms with Gasteiger partial charge in [0.2, 0.25) is 0 Å². The molecule has 1 unspecified atom stereocenters. The summed E-state index contributed by atoms with van der Waals surface area (Å²) in [5.41, 5.74) is 0. The summed E-state index contributed by atoms with van der Waals surface area (Å²) in [6.07, 6.45) is 0. The standard InChI is InChI=1S/C12H14INO4/c1-17-12(16)10(13)7-14-11(15)8-18-9-5-3-2-4-6-9/h2-6,10H,7-8H2,1H3,(H,14,15). The van der Waals surface area contributed by atoms with E-state index in [1.54, 1.807) is 12.1 Å². The predicted octanol–water partition coefficient (Wildman–Crippen LogP) is 1.16. The highest BCUT2D eigenvalue weighted by molar-refractivity contribution is 14.1. The zero-order valence-electron chi connectivity index (χ0n) is 9.89. The molecule has 0 aliphatic carbocycles. The van der Waals surface area contributed by atoms with Crippen molar-refractivity contribution < 1.29 is 19.1 Å². The monoisotopic (exact) mass is 363 g/mol. The van der Waals surface area contributed by atoms with Crippen molar-refractivity contribution in [3.05, 3.63) is 30.3 Å². The normalized spacial score (nSPS) is 11.4. The molecule has 1 aromatic carbocycles. The molecule has 0 radical (unpaired) electrons. The number of alkyl halides is 1. The average molecular weight is 363 g/mol. The third-order valence-electron chi connectivity index (χ3n) is 2.05. The molecule has 6 heteroatoms. The molecule has 0 aliphatic rings. The van der Waals surface area contributed by atoms with Crippen LogP contribution >= 0.6 is 22.6 Å². The lowest BCUT2D eigenvalue weighted by Gasteiger charge is -2.10. The van der Waals surface area contributed by atoms with Gasteiger partial charge in [-0.2, -0.15) is 0 Å². The third kappa shape index (κ3) is 5.35. The molecule has 1 atom stereocenters. The summed E-state index contributed by atoms with van der Waals surface area (Å²) in [5.74, 6) is -0.00376. The van der Waals surface area contributed by atoms with Crippen LogP contribution in [0.25, 0.3) is 0 Å². The Balaban J connectivity index is 2.24. The van der Waals surface area contributed by atoms with Crippen LogP contribution in [0.3, 0.4) is 0 Å². The van der Waals surface area contributed by atoms with Crippen LogP contribution in [0.2, 0.25) is 0 Å². The Labute approximate surface area is 119 Å². The first-order valence-electron chi connectivity index (χ1n) is 5.30. The summed E-state index contributed by atoms with van der Waals surface area (Å²) >= 11 is 1.91. The fourth-order valence-electron chi connectivity index (χ4n) is 1.13. The molecule has 0 aliphatic heterocycles. The molecule has 0 aromatic heterocycles. The van der Waals surface area contributed by atoms with Gasteiger partial charge in [0, 0.05) is 6.54 Å². The van der Waals surface area contributed by atoms with Gasteiger partial charge < -0.3 is 14.8 Å². The number of amides is 1. The Morgan fingerprint density at radius 3 is 2.61 bits per heavy atom. The zero-order chi connectivity index (χ0) is 13.4. The van der Waals surface area contributed by atoms with E-state index >= 15 is 0 Å². The molecule has 0 bridgehead atoms. The molecule has 1 N–H and O–H groups in total. The molecular formula is C12H14INO4. The van der Waals surface area contributed by atoms with Crippen molar-refractivity contribution in [2.24, 2.45) is 0 Å². The number of carbonyl (C=O) groups excluding carboxylic acids is 2. The van der Waals surface area contributed by atoms with Crippen molar-refractivity contribution >= 4 is 34.5 Å². The number of benzene rings is 1. The summed E-state index contributed by atoms with van der Waals surface area (Å²) in [5, 5.41) is 2.60. The third-order valence-corrected chi connectivity index (χ3v) is 3.00. The summed E-state index contributed by atoms with van der Waals surface area (Å²) in [4.78, 5) is 22.5. The second-order valence-corrected chi connectivity index (χ2v) is 4.90. The molecule has 0 saturated heterocycles. The van der Waals surface area contributed by atoms with Gasteiger partial charge in [-0.05, 0) is 12.1 Å². The number of ether oxygens (including phenoxy) is 2. The summed E-state index contributed by atoms with van der Waals surface area (Å²) in [6.45, 7) is 0.152. The van der Waals surface area contributed by atoms with E-state index in [-0.39, 0.29) is 25.0 Å². The minimum Gasteiger partial charge on any atom is -0.484 e. The number of rotatable bonds is 6. The van der Waals surface area contributed by atoms with E-state index in [4.69, 9.17) is 4.74 Å². The molecule has 18 heavy (non-hydrogen) atoms. The Bertz CT molecular complexity index is 396. The number of halogens is 1. The second kappa shape index (κ2) is 7.91. The Morgan fingerprint density at radius 2 is 2.00 bits per heavy atom. The van der Waals surface area contributed by atoms with Crippen LogP contribution in [0.1, 0.15) is 0 Å². The lowest BCUT2D eigenvalue weighted by atomic mass is 10.3. The number of hydrogen-bond donors (Lipinski definition) is 1. The van der Waals surface area contributed by atoms with Crippen LogP contribution in [0.4, 0.5) is 0 Å². The van der Waals surface area contributed by atoms with Gasteiger partial charge in [-0.25, -0.2) is 0 Å². The Morgan fingerprint density at radius 1 is 1.33 bits per heavy atom. The van der Waals surface area contributed by atoms with Gasteiger partial charge in [0.05, 0.1) is 7.11 Å². The van der Waals surface area contributed by atoms with E-state index in [2.05, 4.69) is 10.1 Å². The molecular weight excluding hydrogens is 349 g/mol. The molecule has 1 amide bonds. The molecule has 0 fully saturated rings. The smallest absolute Gasteiger partial charge is 0.320 e. The van der Waals surface area contributed by atoms with E-state index in [0.717, 1.165) is 0 Å².